The third kappa shape index (κ3) is 7.77. The van der Waals surface area contributed by atoms with E-state index in [1.807, 2.05) is 38.1 Å². The van der Waals surface area contributed by atoms with Crippen LogP contribution in [0.4, 0.5) is 0 Å². The van der Waals surface area contributed by atoms with Crippen molar-refractivity contribution in [2.45, 2.75) is 63.6 Å². The van der Waals surface area contributed by atoms with Crippen molar-refractivity contribution in [3.8, 4) is 0 Å². The maximum absolute atomic E-state index is 13.0. The number of rotatable bonds is 12. The summed E-state index contributed by atoms with van der Waals surface area (Å²) in [5.74, 6) is -0.680. The Morgan fingerprint density at radius 3 is 2.45 bits per heavy atom. The van der Waals surface area contributed by atoms with Crippen molar-refractivity contribution in [3.05, 3.63) is 64.0 Å². The third-order valence-electron chi connectivity index (χ3n) is 6.05. The highest BCUT2D eigenvalue weighted by Gasteiger charge is 2.28. The molecule has 3 rings (SSSR count). The van der Waals surface area contributed by atoms with Crippen LogP contribution in [-0.2, 0) is 14.8 Å². The van der Waals surface area contributed by atoms with Gasteiger partial charge in [0.1, 0.15) is 10.9 Å². The number of amides is 2. The van der Waals surface area contributed by atoms with Crippen LogP contribution in [0.25, 0.3) is 10.1 Å². The molecule has 0 aliphatic rings. The van der Waals surface area contributed by atoms with Gasteiger partial charge >= 0.3 is 0 Å². The van der Waals surface area contributed by atoms with Gasteiger partial charge in [-0.1, -0.05) is 56.6 Å². The predicted molar refractivity (Wildman–Crippen MR) is 152 cm³/mol. The fourth-order valence-corrected chi connectivity index (χ4v) is 6.94. The number of aliphatic hydroxyl groups excluding tert-OH is 1. The number of hydrogen-bond donors (Lipinski definition) is 4. The Morgan fingerprint density at radius 2 is 1.82 bits per heavy atom. The molecule has 11 heteroatoms. The molecule has 0 saturated carbocycles. The molecule has 0 radical (unpaired) electrons. The second-order valence-electron chi connectivity index (χ2n) is 9.69. The summed E-state index contributed by atoms with van der Waals surface area (Å²) >= 11 is 7.49. The lowest BCUT2D eigenvalue weighted by Gasteiger charge is -2.25. The summed E-state index contributed by atoms with van der Waals surface area (Å²) in [5, 5.41) is 17.2. The van der Waals surface area contributed by atoms with Gasteiger partial charge in [-0.05, 0) is 60.9 Å². The van der Waals surface area contributed by atoms with Crippen LogP contribution >= 0.6 is 22.9 Å². The lowest BCUT2D eigenvalue weighted by Crippen LogP contribution is -2.52. The Bertz CT molecular complexity index is 1360. The summed E-state index contributed by atoms with van der Waals surface area (Å²) in [5.41, 5.74) is 0.819. The average molecular weight is 580 g/mol. The van der Waals surface area contributed by atoms with Crippen LogP contribution in [0.2, 0.25) is 5.02 Å². The number of nitrogens with one attached hydrogen (secondary N) is 3. The molecule has 8 nitrogen and oxygen atoms in total. The second-order valence-corrected chi connectivity index (χ2v) is 12.9. The van der Waals surface area contributed by atoms with Gasteiger partial charge in [-0.15, -0.1) is 11.3 Å². The lowest BCUT2D eigenvalue weighted by atomic mass is 10.0. The van der Waals surface area contributed by atoms with Gasteiger partial charge in [-0.3, -0.25) is 9.59 Å². The summed E-state index contributed by atoms with van der Waals surface area (Å²) in [6, 6.07) is 12.4. The van der Waals surface area contributed by atoms with Crippen LogP contribution in [0, 0.1) is 12.8 Å². The smallest absolute Gasteiger partial charge is 0.262 e. The highest BCUT2D eigenvalue weighted by atomic mass is 35.5. The fraction of sp³-hybridized carbons (Fsp3) is 0.407. The lowest BCUT2D eigenvalue weighted by molar-refractivity contribution is -0.123. The molecule has 2 amide bonds. The molecular formula is C27H34ClN3O5S2. The molecule has 0 bridgehead atoms. The SMILES string of the molecule is CC[C@H](NS(=O)(=O)c1ccc(C)cc1Cl)[C@H](O)CNC(=O)[C@H](CC(C)C)NC(=O)c1cc2ccccc2s1. The van der Waals surface area contributed by atoms with Crippen molar-refractivity contribution in [1.29, 1.82) is 0 Å². The van der Waals surface area contributed by atoms with E-state index in [-0.39, 0.29) is 34.7 Å². The monoisotopic (exact) mass is 579 g/mol. The average Bonchev–Trinajstić information content (AvgIpc) is 3.29. The van der Waals surface area contributed by atoms with Crippen LogP contribution in [0.5, 0.6) is 0 Å². The number of hydrogen-bond acceptors (Lipinski definition) is 6. The number of thiophene rings is 1. The van der Waals surface area contributed by atoms with Gasteiger partial charge in [-0.25, -0.2) is 13.1 Å². The molecule has 0 spiro atoms. The van der Waals surface area contributed by atoms with E-state index in [0.717, 1.165) is 15.6 Å². The highest BCUT2D eigenvalue weighted by molar-refractivity contribution is 7.89. The van der Waals surface area contributed by atoms with Crippen LogP contribution in [-0.4, -0.2) is 50.1 Å². The van der Waals surface area contributed by atoms with Gasteiger partial charge < -0.3 is 15.7 Å². The van der Waals surface area contributed by atoms with Gasteiger partial charge in [0.15, 0.2) is 0 Å². The number of fused-ring (bicyclic) bond motifs is 1. The van der Waals surface area contributed by atoms with Gasteiger partial charge in [0.05, 0.1) is 16.0 Å². The summed E-state index contributed by atoms with van der Waals surface area (Å²) in [7, 11) is -4.00. The molecule has 2 aromatic carbocycles. The van der Waals surface area contributed by atoms with Crippen molar-refractivity contribution in [1.82, 2.24) is 15.4 Å². The first-order valence-electron chi connectivity index (χ1n) is 12.4. The molecule has 4 N–H and O–H groups in total. The molecule has 1 aromatic heterocycles. The van der Waals surface area contributed by atoms with Crippen molar-refractivity contribution in [3.63, 3.8) is 0 Å². The minimum atomic E-state index is -4.00. The number of benzene rings is 2. The van der Waals surface area contributed by atoms with Crippen LogP contribution < -0.4 is 15.4 Å². The molecule has 3 atom stereocenters. The summed E-state index contributed by atoms with van der Waals surface area (Å²) < 4.78 is 29.2. The van der Waals surface area contributed by atoms with Gasteiger partial charge in [-0.2, -0.15) is 0 Å². The standard InChI is InChI=1S/C27H34ClN3O5S2/c1-5-20(31-38(35,36)25-11-10-17(4)13-19(25)28)22(32)15-29-26(33)21(12-16(2)3)30-27(34)24-14-18-8-6-7-9-23(18)37-24/h6-11,13-14,16,20-22,31-32H,5,12,15H2,1-4H3,(H,29,33)(H,30,34)/t20-,21-,22+/m0/s1. The van der Waals surface area contributed by atoms with Crippen molar-refractivity contribution < 1.29 is 23.1 Å². The zero-order valence-corrected chi connectivity index (χ0v) is 24.2. The van der Waals surface area contributed by atoms with E-state index in [9.17, 15) is 23.1 Å². The van der Waals surface area contributed by atoms with E-state index in [0.29, 0.717) is 11.3 Å². The van der Waals surface area contributed by atoms with Gasteiger partial charge in [0, 0.05) is 17.3 Å². The Labute approximate surface area is 232 Å². The van der Waals surface area contributed by atoms with E-state index in [1.165, 1.54) is 17.4 Å². The summed E-state index contributed by atoms with van der Waals surface area (Å²) in [6.07, 6.45) is -0.535. The highest BCUT2D eigenvalue weighted by Crippen LogP contribution is 2.25. The molecule has 0 unspecified atom stereocenters. The molecular weight excluding hydrogens is 546 g/mol. The van der Waals surface area contributed by atoms with Crippen LogP contribution in [0.1, 0.15) is 48.8 Å². The summed E-state index contributed by atoms with van der Waals surface area (Å²) in [6.45, 7) is 7.21. The zero-order chi connectivity index (χ0) is 28.0. The van der Waals surface area contributed by atoms with Crippen LogP contribution in [0.3, 0.4) is 0 Å². The van der Waals surface area contributed by atoms with E-state index in [2.05, 4.69) is 15.4 Å². The zero-order valence-electron chi connectivity index (χ0n) is 21.8. The van der Waals surface area contributed by atoms with Crippen molar-refractivity contribution in [2.75, 3.05) is 6.54 Å². The largest absolute Gasteiger partial charge is 0.390 e. The number of halogens is 1. The number of carbonyl (C=O) groups is 2. The Balaban J connectivity index is 1.64. The van der Waals surface area contributed by atoms with E-state index in [1.54, 1.807) is 32.0 Å². The first-order valence-corrected chi connectivity index (χ1v) is 15.1. The molecule has 0 aliphatic carbocycles. The first-order chi connectivity index (χ1) is 17.9. The van der Waals surface area contributed by atoms with Gasteiger partial charge in [0.25, 0.3) is 5.91 Å². The van der Waals surface area contributed by atoms with Crippen LogP contribution in [0.15, 0.2) is 53.4 Å². The maximum atomic E-state index is 13.0. The van der Waals surface area contributed by atoms with E-state index in [4.69, 9.17) is 11.6 Å². The molecule has 1 heterocycles. The minimum absolute atomic E-state index is 0.0830. The molecule has 0 saturated heterocycles. The third-order valence-corrected chi connectivity index (χ3v) is 9.14. The number of aryl methyl sites for hydroxylation is 1. The number of sulfonamides is 1. The summed E-state index contributed by atoms with van der Waals surface area (Å²) in [4.78, 5) is 26.4. The van der Waals surface area contributed by atoms with Crippen molar-refractivity contribution >= 4 is 54.9 Å². The molecule has 206 valence electrons. The topological polar surface area (TPSA) is 125 Å². The van der Waals surface area contributed by atoms with Crippen molar-refractivity contribution in [2.24, 2.45) is 5.92 Å². The first kappa shape index (κ1) is 30.0. The number of aliphatic hydroxyl groups is 1. The van der Waals surface area contributed by atoms with Gasteiger partial charge in [0.2, 0.25) is 15.9 Å². The Kier molecular flexibility index (Phi) is 10.3. The van der Waals surface area contributed by atoms with E-state index < -0.39 is 34.1 Å². The fourth-order valence-electron chi connectivity index (χ4n) is 4.02. The Hall–Kier alpha value is -2.50. The molecule has 0 fully saturated rings. The number of carbonyl (C=O) groups excluding carboxylic acids is 2. The predicted octanol–water partition coefficient (Wildman–Crippen LogP) is 4.24. The normalized spacial score (nSPS) is 14.3. The Morgan fingerprint density at radius 1 is 1.11 bits per heavy atom. The minimum Gasteiger partial charge on any atom is -0.390 e. The molecule has 0 aliphatic heterocycles. The molecule has 38 heavy (non-hydrogen) atoms. The second kappa shape index (κ2) is 13.0. The maximum Gasteiger partial charge on any atom is 0.262 e. The molecule has 3 aromatic rings. The van der Waals surface area contributed by atoms with E-state index >= 15 is 0 Å². The quantitative estimate of drug-likeness (QED) is 0.255.